The summed E-state index contributed by atoms with van der Waals surface area (Å²) in [6.07, 6.45) is 13.1. The minimum atomic E-state index is -0.965. The highest BCUT2D eigenvalue weighted by atomic mass is 16.4. The lowest BCUT2D eigenvalue weighted by atomic mass is 9.98. The first-order valence-electron chi connectivity index (χ1n) is 9.39. The Balaban J connectivity index is 3.47. The van der Waals surface area contributed by atoms with Crippen molar-refractivity contribution in [2.75, 3.05) is 0 Å². The van der Waals surface area contributed by atoms with E-state index in [1.165, 1.54) is 44.9 Å². The summed E-state index contributed by atoms with van der Waals surface area (Å²) in [5.41, 5.74) is 11.4. The van der Waals surface area contributed by atoms with Crippen molar-refractivity contribution in [3.8, 4) is 0 Å². The van der Waals surface area contributed by atoms with Gasteiger partial charge in [-0.1, -0.05) is 58.3 Å². The molecule has 0 aliphatic carbocycles. The Kier molecular flexibility index (Phi) is 14.5. The number of hydrogen-bond acceptors (Lipinski definition) is 4. The molecule has 0 aliphatic rings. The van der Waals surface area contributed by atoms with E-state index < -0.39 is 12.0 Å². The highest BCUT2D eigenvalue weighted by Crippen LogP contribution is 2.14. The van der Waals surface area contributed by atoms with Crippen molar-refractivity contribution < 1.29 is 15.0 Å². The maximum absolute atomic E-state index is 10.6. The number of carboxylic acid groups (broad SMARTS) is 1. The van der Waals surface area contributed by atoms with Gasteiger partial charge in [0.25, 0.3) is 0 Å². The average molecular weight is 331 g/mol. The summed E-state index contributed by atoms with van der Waals surface area (Å²) in [6.45, 7) is 2.23. The zero-order valence-corrected chi connectivity index (χ0v) is 14.9. The quantitative estimate of drug-likeness (QED) is 0.325. The van der Waals surface area contributed by atoms with Crippen LogP contribution in [0.25, 0.3) is 0 Å². The van der Waals surface area contributed by atoms with E-state index in [-0.39, 0.29) is 12.1 Å². The molecule has 0 fully saturated rings. The Morgan fingerprint density at radius 1 is 0.870 bits per heavy atom. The van der Waals surface area contributed by atoms with Crippen LogP contribution in [-0.4, -0.2) is 34.4 Å². The molecule has 3 atom stereocenters. The minimum absolute atomic E-state index is 0.0694. The van der Waals surface area contributed by atoms with Crippen molar-refractivity contribution in [2.24, 2.45) is 11.5 Å². The number of rotatable bonds is 16. The van der Waals surface area contributed by atoms with Crippen LogP contribution >= 0.6 is 0 Å². The number of unbranched alkanes of at least 4 members (excludes halogenated alkanes) is 7. The smallest absolute Gasteiger partial charge is 0.320 e. The van der Waals surface area contributed by atoms with Crippen LogP contribution in [0.3, 0.4) is 0 Å². The molecule has 0 rings (SSSR count). The molecule has 0 bridgehead atoms. The maximum atomic E-state index is 10.6. The molecular formula is C18H38N2O3. The molecule has 0 aromatic heterocycles. The van der Waals surface area contributed by atoms with Crippen LogP contribution in [0, 0.1) is 0 Å². The number of carbonyl (C=O) groups is 1. The van der Waals surface area contributed by atoms with E-state index in [2.05, 4.69) is 6.92 Å². The molecule has 0 aromatic rings. The molecule has 5 nitrogen and oxygen atoms in total. The Morgan fingerprint density at radius 3 is 2.00 bits per heavy atom. The summed E-state index contributed by atoms with van der Waals surface area (Å²) in [4.78, 5) is 10.6. The van der Waals surface area contributed by atoms with Gasteiger partial charge in [-0.15, -0.1) is 0 Å². The fourth-order valence-electron chi connectivity index (χ4n) is 2.82. The largest absolute Gasteiger partial charge is 0.480 e. The van der Waals surface area contributed by atoms with Crippen molar-refractivity contribution in [1.82, 2.24) is 0 Å². The normalized spacial score (nSPS) is 15.3. The molecule has 0 aromatic carbocycles. The molecular weight excluding hydrogens is 292 g/mol. The van der Waals surface area contributed by atoms with Gasteiger partial charge < -0.3 is 21.7 Å². The molecule has 0 radical (unpaired) electrons. The summed E-state index contributed by atoms with van der Waals surface area (Å²) in [7, 11) is 0. The first kappa shape index (κ1) is 22.4. The van der Waals surface area contributed by atoms with E-state index in [4.69, 9.17) is 16.6 Å². The minimum Gasteiger partial charge on any atom is -0.480 e. The maximum Gasteiger partial charge on any atom is 0.320 e. The lowest BCUT2D eigenvalue weighted by Gasteiger charge is -2.17. The highest BCUT2D eigenvalue weighted by Gasteiger charge is 2.14. The summed E-state index contributed by atoms with van der Waals surface area (Å²) < 4.78 is 0. The number of aliphatic carboxylic acids is 1. The fraction of sp³-hybridized carbons (Fsp3) is 0.944. The molecule has 5 heteroatoms. The van der Waals surface area contributed by atoms with Gasteiger partial charge in [0.2, 0.25) is 0 Å². The van der Waals surface area contributed by atoms with Gasteiger partial charge in [-0.25, -0.2) is 0 Å². The number of aliphatic hydroxyl groups is 1. The number of aliphatic hydroxyl groups excluding tert-OH is 1. The summed E-state index contributed by atoms with van der Waals surface area (Å²) >= 11 is 0. The second-order valence-electron chi connectivity index (χ2n) is 6.79. The molecule has 0 spiro atoms. The Morgan fingerprint density at radius 2 is 1.43 bits per heavy atom. The van der Waals surface area contributed by atoms with E-state index in [0.29, 0.717) is 19.3 Å². The van der Waals surface area contributed by atoms with Crippen LogP contribution in [0.15, 0.2) is 0 Å². The zero-order valence-electron chi connectivity index (χ0n) is 14.9. The fourth-order valence-corrected chi connectivity index (χ4v) is 2.82. The third kappa shape index (κ3) is 14.7. The second kappa shape index (κ2) is 14.9. The van der Waals surface area contributed by atoms with E-state index in [0.717, 1.165) is 19.3 Å². The Labute approximate surface area is 141 Å². The van der Waals surface area contributed by atoms with Gasteiger partial charge in [0.1, 0.15) is 6.04 Å². The lowest BCUT2D eigenvalue weighted by Crippen LogP contribution is -2.31. The third-order valence-electron chi connectivity index (χ3n) is 4.37. The van der Waals surface area contributed by atoms with Crippen LogP contribution < -0.4 is 11.5 Å². The average Bonchev–Trinajstić information content (AvgIpc) is 2.49. The van der Waals surface area contributed by atoms with Crippen molar-refractivity contribution in [2.45, 2.75) is 109 Å². The van der Waals surface area contributed by atoms with Gasteiger partial charge in [0, 0.05) is 6.04 Å². The summed E-state index contributed by atoms with van der Waals surface area (Å²) in [5.74, 6) is -0.965. The number of carboxylic acids is 1. The van der Waals surface area contributed by atoms with Crippen molar-refractivity contribution >= 4 is 5.97 Å². The molecule has 0 heterocycles. The SMILES string of the molecule is CCCCCCCCCCC(O)CC(N)CCCC(N)C(=O)O. The van der Waals surface area contributed by atoms with E-state index in [1.807, 2.05) is 0 Å². The first-order chi connectivity index (χ1) is 11.0. The summed E-state index contributed by atoms with van der Waals surface area (Å²) in [5, 5.41) is 18.7. The molecule has 6 N–H and O–H groups in total. The number of hydrogen-bond donors (Lipinski definition) is 4. The highest BCUT2D eigenvalue weighted by molar-refractivity contribution is 5.72. The van der Waals surface area contributed by atoms with Gasteiger partial charge in [0.05, 0.1) is 6.10 Å². The van der Waals surface area contributed by atoms with Crippen LogP contribution in [0.5, 0.6) is 0 Å². The van der Waals surface area contributed by atoms with Gasteiger partial charge >= 0.3 is 5.97 Å². The summed E-state index contributed by atoms with van der Waals surface area (Å²) in [6, 6.07) is -0.871. The van der Waals surface area contributed by atoms with Crippen molar-refractivity contribution in [3.05, 3.63) is 0 Å². The van der Waals surface area contributed by atoms with E-state index >= 15 is 0 Å². The third-order valence-corrected chi connectivity index (χ3v) is 4.37. The Bertz CT molecular complexity index is 287. The topological polar surface area (TPSA) is 110 Å². The predicted octanol–water partition coefficient (Wildman–Crippen LogP) is 3.18. The van der Waals surface area contributed by atoms with Gasteiger partial charge in [-0.3, -0.25) is 4.79 Å². The number of nitrogens with two attached hydrogens (primary N) is 2. The monoisotopic (exact) mass is 330 g/mol. The van der Waals surface area contributed by atoms with Crippen LogP contribution in [-0.2, 0) is 4.79 Å². The molecule has 0 aliphatic heterocycles. The lowest BCUT2D eigenvalue weighted by molar-refractivity contribution is -0.138. The molecule has 23 heavy (non-hydrogen) atoms. The molecule has 0 saturated heterocycles. The predicted molar refractivity (Wildman–Crippen MR) is 95.3 cm³/mol. The zero-order chi connectivity index (χ0) is 17.5. The van der Waals surface area contributed by atoms with Crippen LogP contribution in [0.2, 0.25) is 0 Å². The van der Waals surface area contributed by atoms with Gasteiger partial charge in [-0.05, 0) is 32.1 Å². The van der Waals surface area contributed by atoms with Crippen LogP contribution in [0.1, 0.15) is 90.4 Å². The first-order valence-corrected chi connectivity index (χ1v) is 9.39. The Hall–Kier alpha value is -0.650. The van der Waals surface area contributed by atoms with Crippen molar-refractivity contribution in [3.63, 3.8) is 0 Å². The van der Waals surface area contributed by atoms with E-state index in [9.17, 15) is 9.90 Å². The van der Waals surface area contributed by atoms with Gasteiger partial charge in [0.15, 0.2) is 0 Å². The van der Waals surface area contributed by atoms with Crippen molar-refractivity contribution in [1.29, 1.82) is 0 Å². The molecule has 138 valence electrons. The molecule has 0 amide bonds. The van der Waals surface area contributed by atoms with Crippen LogP contribution in [0.4, 0.5) is 0 Å². The second-order valence-corrected chi connectivity index (χ2v) is 6.79. The molecule has 0 saturated carbocycles. The standard InChI is InChI=1S/C18H38N2O3/c1-2-3-4-5-6-7-8-9-12-16(21)14-15(19)11-10-13-17(20)18(22)23/h15-17,21H,2-14,19-20H2,1H3,(H,22,23). The van der Waals surface area contributed by atoms with E-state index in [1.54, 1.807) is 0 Å². The molecule has 3 unspecified atom stereocenters. The van der Waals surface area contributed by atoms with Gasteiger partial charge in [-0.2, -0.15) is 0 Å².